The van der Waals surface area contributed by atoms with E-state index in [1.807, 2.05) is 13.0 Å². The van der Waals surface area contributed by atoms with Crippen molar-refractivity contribution in [2.24, 2.45) is 0 Å². The molecule has 2 rings (SSSR count). The second-order valence-corrected chi connectivity index (χ2v) is 4.16. The lowest BCUT2D eigenvalue weighted by molar-refractivity contribution is 0.626. The summed E-state index contributed by atoms with van der Waals surface area (Å²) in [4.78, 5) is 0. The van der Waals surface area contributed by atoms with Crippen LogP contribution in [0.25, 0.3) is 5.57 Å². The molecule has 0 spiro atoms. The number of nitrogens with zero attached hydrogens (tertiary/aromatic N) is 1. The van der Waals surface area contributed by atoms with Gasteiger partial charge in [0.1, 0.15) is 11.6 Å². The molecule has 94 valence electrons. The first-order valence-corrected chi connectivity index (χ1v) is 5.74. The Morgan fingerprint density at radius 1 is 1.11 bits per heavy atom. The maximum atomic E-state index is 13.4. The van der Waals surface area contributed by atoms with Crippen molar-refractivity contribution in [3.63, 3.8) is 0 Å². The molecule has 0 atom stereocenters. The van der Waals surface area contributed by atoms with Crippen LogP contribution in [0.3, 0.4) is 0 Å². The predicted octanol–water partition coefficient (Wildman–Crippen LogP) is 4.23. The minimum Gasteiger partial charge on any atom is -0.207 e. The average Bonchev–Trinajstić information content (AvgIpc) is 2.39. The van der Waals surface area contributed by atoms with E-state index < -0.39 is 5.82 Å². The molecule has 0 bridgehead atoms. The lowest BCUT2D eigenvalue weighted by Crippen LogP contribution is -1.93. The van der Waals surface area contributed by atoms with E-state index in [4.69, 9.17) is 5.26 Å². The Morgan fingerprint density at radius 2 is 1.84 bits per heavy atom. The SMILES string of the molecule is Cc1ccc(F)cc1C(=CC#N)c1cccc(F)c1. The van der Waals surface area contributed by atoms with Crippen LogP contribution in [0.1, 0.15) is 16.7 Å². The van der Waals surface area contributed by atoms with E-state index >= 15 is 0 Å². The van der Waals surface area contributed by atoms with Gasteiger partial charge in [-0.25, -0.2) is 8.78 Å². The molecule has 19 heavy (non-hydrogen) atoms. The van der Waals surface area contributed by atoms with Crippen LogP contribution in [0.4, 0.5) is 8.78 Å². The molecule has 0 radical (unpaired) electrons. The molecule has 0 aliphatic rings. The van der Waals surface area contributed by atoms with Gasteiger partial charge in [0.15, 0.2) is 0 Å². The topological polar surface area (TPSA) is 23.8 Å². The van der Waals surface area contributed by atoms with E-state index in [0.717, 1.165) is 5.56 Å². The molecule has 0 saturated heterocycles. The van der Waals surface area contributed by atoms with E-state index in [9.17, 15) is 8.78 Å². The Hall–Kier alpha value is -2.47. The van der Waals surface area contributed by atoms with E-state index in [0.29, 0.717) is 16.7 Å². The molecule has 2 aromatic rings. The van der Waals surface area contributed by atoms with Crippen LogP contribution in [0.5, 0.6) is 0 Å². The highest BCUT2D eigenvalue weighted by Gasteiger charge is 2.10. The summed E-state index contributed by atoms with van der Waals surface area (Å²) in [5, 5.41) is 8.87. The van der Waals surface area contributed by atoms with Crippen LogP contribution in [0.2, 0.25) is 0 Å². The number of nitriles is 1. The Balaban J connectivity index is 2.63. The number of halogens is 2. The Morgan fingerprint density at radius 3 is 2.53 bits per heavy atom. The summed E-state index contributed by atoms with van der Waals surface area (Å²) in [5.41, 5.74) is 2.48. The second-order valence-electron chi connectivity index (χ2n) is 4.16. The number of hydrogen-bond acceptors (Lipinski definition) is 1. The largest absolute Gasteiger partial charge is 0.207 e. The van der Waals surface area contributed by atoms with Crippen LogP contribution < -0.4 is 0 Å². The van der Waals surface area contributed by atoms with Crippen LogP contribution in [-0.2, 0) is 0 Å². The molecule has 0 aliphatic carbocycles. The van der Waals surface area contributed by atoms with E-state index in [-0.39, 0.29) is 5.82 Å². The van der Waals surface area contributed by atoms with Crippen molar-refractivity contribution in [2.75, 3.05) is 0 Å². The van der Waals surface area contributed by atoms with Gasteiger partial charge in [0.2, 0.25) is 0 Å². The fourth-order valence-electron chi connectivity index (χ4n) is 1.92. The number of hydrogen-bond donors (Lipinski definition) is 0. The zero-order valence-corrected chi connectivity index (χ0v) is 10.3. The molecule has 0 N–H and O–H groups in total. The number of rotatable bonds is 2. The molecule has 0 amide bonds. The predicted molar refractivity (Wildman–Crippen MR) is 70.2 cm³/mol. The summed E-state index contributed by atoms with van der Waals surface area (Å²) in [6.45, 7) is 1.82. The van der Waals surface area contributed by atoms with Gasteiger partial charge in [-0.15, -0.1) is 0 Å². The van der Waals surface area contributed by atoms with Gasteiger partial charge >= 0.3 is 0 Å². The Labute approximate surface area is 110 Å². The summed E-state index contributed by atoms with van der Waals surface area (Å²) >= 11 is 0. The molecule has 2 aromatic carbocycles. The molecule has 1 nitrogen and oxygen atoms in total. The first-order chi connectivity index (χ1) is 9.11. The van der Waals surface area contributed by atoms with E-state index in [1.165, 1.54) is 30.3 Å². The second kappa shape index (κ2) is 5.45. The molecule has 0 aromatic heterocycles. The number of benzene rings is 2. The van der Waals surface area contributed by atoms with Gasteiger partial charge in [0.05, 0.1) is 6.07 Å². The van der Waals surface area contributed by atoms with Gasteiger partial charge in [-0.2, -0.15) is 5.26 Å². The molecule has 0 fully saturated rings. The molecular formula is C16H11F2N. The quantitative estimate of drug-likeness (QED) is 0.737. The highest BCUT2D eigenvalue weighted by Crippen LogP contribution is 2.27. The van der Waals surface area contributed by atoms with E-state index in [2.05, 4.69) is 0 Å². The maximum absolute atomic E-state index is 13.4. The summed E-state index contributed by atoms with van der Waals surface area (Å²) in [6.07, 6.45) is 1.30. The summed E-state index contributed by atoms with van der Waals surface area (Å²) < 4.78 is 26.6. The summed E-state index contributed by atoms with van der Waals surface area (Å²) in [5.74, 6) is -0.781. The van der Waals surface area contributed by atoms with Gasteiger partial charge in [0.25, 0.3) is 0 Å². The van der Waals surface area contributed by atoms with Gasteiger partial charge in [-0.05, 0) is 53.5 Å². The molecule has 0 saturated carbocycles. The minimum absolute atomic E-state index is 0.388. The Bertz CT molecular complexity index is 681. The zero-order chi connectivity index (χ0) is 13.8. The van der Waals surface area contributed by atoms with Crippen molar-refractivity contribution in [1.29, 1.82) is 5.26 Å². The summed E-state index contributed by atoms with van der Waals surface area (Å²) in [7, 11) is 0. The van der Waals surface area contributed by atoms with Gasteiger partial charge < -0.3 is 0 Å². The average molecular weight is 255 g/mol. The smallest absolute Gasteiger partial charge is 0.123 e. The Kier molecular flexibility index (Phi) is 3.72. The van der Waals surface area contributed by atoms with Gasteiger partial charge in [0, 0.05) is 6.08 Å². The normalized spacial score (nSPS) is 11.2. The minimum atomic E-state index is -0.393. The van der Waals surface area contributed by atoms with Crippen LogP contribution in [-0.4, -0.2) is 0 Å². The molecule has 0 unspecified atom stereocenters. The standard InChI is InChI=1S/C16H11F2N/c1-11-5-6-14(18)10-16(11)15(7-8-19)12-3-2-4-13(17)9-12/h2-7,9-10H,1H3. The fraction of sp³-hybridized carbons (Fsp3) is 0.0625. The van der Waals surface area contributed by atoms with Crippen molar-refractivity contribution < 1.29 is 8.78 Å². The van der Waals surface area contributed by atoms with Gasteiger partial charge in [-0.3, -0.25) is 0 Å². The fourth-order valence-corrected chi connectivity index (χ4v) is 1.92. The van der Waals surface area contributed by atoms with Crippen LogP contribution in [0, 0.1) is 29.9 Å². The summed E-state index contributed by atoms with van der Waals surface area (Å²) in [6, 6.07) is 12.2. The third-order valence-electron chi connectivity index (χ3n) is 2.83. The number of aryl methyl sites for hydroxylation is 1. The van der Waals surface area contributed by atoms with Crippen LogP contribution in [0.15, 0.2) is 48.5 Å². The molecule has 0 aliphatic heterocycles. The monoisotopic (exact) mass is 255 g/mol. The maximum Gasteiger partial charge on any atom is 0.123 e. The van der Waals surface area contributed by atoms with Gasteiger partial charge in [-0.1, -0.05) is 18.2 Å². The third-order valence-corrected chi connectivity index (χ3v) is 2.83. The highest BCUT2D eigenvalue weighted by molar-refractivity contribution is 5.82. The van der Waals surface area contributed by atoms with Crippen molar-refractivity contribution in [2.45, 2.75) is 6.92 Å². The molecular weight excluding hydrogens is 244 g/mol. The lowest BCUT2D eigenvalue weighted by Gasteiger charge is -2.10. The first-order valence-electron chi connectivity index (χ1n) is 5.74. The molecule has 3 heteroatoms. The lowest BCUT2D eigenvalue weighted by atomic mass is 9.94. The van der Waals surface area contributed by atoms with Crippen LogP contribution >= 0.6 is 0 Å². The van der Waals surface area contributed by atoms with Crippen molar-refractivity contribution >= 4 is 5.57 Å². The zero-order valence-electron chi connectivity index (χ0n) is 10.3. The van der Waals surface area contributed by atoms with Crippen molar-refractivity contribution in [1.82, 2.24) is 0 Å². The van der Waals surface area contributed by atoms with Crippen molar-refractivity contribution in [3.05, 3.63) is 76.9 Å². The third kappa shape index (κ3) is 2.86. The molecule has 0 heterocycles. The highest BCUT2D eigenvalue weighted by atomic mass is 19.1. The van der Waals surface area contributed by atoms with Crippen molar-refractivity contribution in [3.8, 4) is 6.07 Å². The number of allylic oxidation sites excluding steroid dienone is 1. The van der Waals surface area contributed by atoms with E-state index in [1.54, 1.807) is 18.2 Å². The first kappa shape index (κ1) is 13.0.